The minimum atomic E-state index is -0.312. The number of nitrogens with one attached hydrogen (secondary N) is 1. The zero-order chi connectivity index (χ0) is 15.8. The van der Waals surface area contributed by atoms with Crippen LogP contribution in [0.15, 0.2) is 28.8 Å². The predicted octanol–water partition coefficient (Wildman–Crippen LogP) is 1.66. The number of nitrogens with zero attached hydrogens (tertiary/aromatic N) is 2. The van der Waals surface area contributed by atoms with Crippen LogP contribution in [0.2, 0.25) is 0 Å². The molecular weight excluding hydrogens is 287 g/mol. The molecule has 6 nitrogen and oxygen atoms in total. The van der Waals surface area contributed by atoms with E-state index in [0.29, 0.717) is 49.6 Å². The Morgan fingerprint density at radius 2 is 2.05 bits per heavy atom. The lowest BCUT2D eigenvalue weighted by Gasteiger charge is -2.02. The van der Waals surface area contributed by atoms with E-state index in [4.69, 9.17) is 10.3 Å². The first-order valence-corrected chi connectivity index (χ1v) is 7.24. The van der Waals surface area contributed by atoms with Crippen LogP contribution < -0.4 is 11.1 Å². The van der Waals surface area contributed by atoms with Crippen LogP contribution in [0.4, 0.5) is 4.39 Å². The van der Waals surface area contributed by atoms with Crippen LogP contribution in [0.3, 0.4) is 0 Å². The topological polar surface area (TPSA) is 94.0 Å². The van der Waals surface area contributed by atoms with Crippen LogP contribution in [0.25, 0.3) is 11.4 Å². The van der Waals surface area contributed by atoms with Crippen molar-refractivity contribution in [2.24, 2.45) is 5.73 Å². The van der Waals surface area contributed by atoms with Crippen LogP contribution in [0.1, 0.15) is 25.2 Å². The molecule has 1 amide bonds. The zero-order valence-electron chi connectivity index (χ0n) is 12.2. The fourth-order valence-corrected chi connectivity index (χ4v) is 1.89. The normalized spacial score (nSPS) is 10.6. The highest BCUT2D eigenvalue weighted by Crippen LogP contribution is 2.16. The molecule has 0 fully saturated rings. The molecule has 118 valence electrons. The summed E-state index contributed by atoms with van der Waals surface area (Å²) in [6.07, 6.45) is 2.33. The van der Waals surface area contributed by atoms with Gasteiger partial charge in [0.25, 0.3) is 0 Å². The summed E-state index contributed by atoms with van der Waals surface area (Å²) in [5.74, 6) is 0.566. The fraction of sp³-hybridized carbons (Fsp3) is 0.400. The van der Waals surface area contributed by atoms with Crippen molar-refractivity contribution < 1.29 is 13.7 Å². The lowest BCUT2D eigenvalue weighted by molar-refractivity contribution is -0.121. The van der Waals surface area contributed by atoms with E-state index in [9.17, 15) is 9.18 Å². The Balaban J connectivity index is 1.78. The Labute approximate surface area is 127 Å². The average Bonchev–Trinajstić information content (AvgIpc) is 2.97. The number of carbonyl (C=O) groups is 1. The molecule has 0 atom stereocenters. The van der Waals surface area contributed by atoms with Gasteiger partial charge in [-0.25, -0.2) is 4.39 Å². The van der Waals surface area contributed by atoms with Gasteiger partial charge in [0, 0.05) is 24.9 Å². The van der Waals surface area contributed by atoms with Gasteiger partial charge in [0.1, 0.15) is 5.82 Å². The summed E-state index contributed by atoms with van der Waals surface area (Å²) in [4.78, 5) is 15.7. The van der Waals surface area contributed by atoms with Crippen molar-refractivity contribution in [3.63, 3.8) is 0 Å². The first-order valence-electron chi connectivity index (χ1n) is 7.24. The van der Waals surface area contributed by atoms with E-state index in [-0.39, 0.29) is 11.7 Å². The first kappa shape index (κ1) is 16.1. The second kappa shape index (κ2) is 8.23. The molecule has 0 saturated heterocycles. The number of aromatic nitrogens is 2. The van der Waals surface area contributed by atoms with E-state index in [1.165, 1.54) is 12.1 Å². The van der Waals surface area contributed by atoms with Crippen molar-refractivity contribution in [1.29, 1.82) is 0 Å². The number of rotatable bonds is 8. The highest BCUT2D eigenvalue weighted by atomic mass is 19.1. The van der Waals surface area contributed by atoms with Crippen molar-refractivity contribution >= 4 is 5.91 Å². The van der Waals surface area contributed by atoms with Gasteiger partial charge in [-0.3, -0.25) is 4.79 Å². The number of hydrogen-bond acceptors (Lipinski definition) is 5. The van der Waals surface area contributed by atoms with Crippen molar-refractivity contribution in [2.75, 3.05) is 13.1 Å². The van der Waals surface area contributed by atoms with E-state index in [1.54, 1.807) is 12.1 Å². The summed E-state index contributed by atoms with van der Waals surface area (Å²) >= 11 is 0. The van der Waals surface area contributed by atoms with Crippen molar-refractivity contribution in [3.8, 4) is 11.4 Å². The number of hydrogen-bond donors (Lipinski definition) is 2. The summed E-state index contributed by atoms with van der Waals surface area (Å²) in [5, 5.41) is 6.64. The van der Waals surface area contributed by atoms with E-state index in [2.05, 4.69) is 15.5 Å². The molecule has 0 radical (unpaired) electrons. The number of halogens is 1. The average molecular weight is 306 g/mol. The Kier molecular flexibility index (Phi) is 6.02. The third-order valence-electron chi connectivity index (χ3n) is 3.07. The largest absolute Gasteiger partial charge is 0.356 e. The predicted molar refractivity (Wildman–Crippen MR) is 79.3 cm³/mol. The summed E-state index contributed by atoms with van der Waals surface area (Å²) in [6, 6.07) is 5.87. The van der Waals surface area contributed by atoms with Crippen LogP contribution in [0, 0.1) is 5.82 Å². The summed E-state index contributed by atoms with van der Waals surface area (Å²) < 4.78 is 18.0. The number of aryl methyl sites for hydroxylation is 1. The molecule has 0 bridgehead atoms. The highest BCUT2D eigenvalue weighted by Gasteiger charge is 2.09. The Hall–Kier alpha value is -2.28. The van der Waals surface area contributed by atoms with Gasteiger partial charge in [0.15, 0.2) is 0 Å². The Morgan fingerprint density at radius 3 is 2.77 bits per heavy atom. The lowest BCUT2D eigenvalue weighted by Crippen LogP contribution is -2.25. The monoisotopic (exact) mass is 306 g/mol. The smallest absolute Gasteiger partial charge is 0.226 e. The van der Waals surface area contributed by atoms with Gasteiger partial charge in [-0.05, 0) is 43.7 Å². The number of nitrogens with two attached hydrogens (primary N) is 1. The van der Waals surface area contributed by atoms with Crippen LogP contribution in [-0.2, 0) is 11.2 Å². The van der Waals surface area contributed by atoms with Crippen LogP contribution >= 0.6 is 0 Å². The molecule has 1 aromatic heterocycles. The molecule has 2 aromatic rings. The quantitative estimate of drug-likeness (QED) is 0.723. The molecule has 0 aliphatic carbocycles. The van der Waals surface area contributed by atoms with Gasteiger partial charge in [-0.1, -0.05) is 5.16 Å². The molecule has 0 aliphatic heterocycles. The van der Waals surface area contributed by atoms with Gasteiger partial charge in [-0.2, -0.15) is 4.98 Å². The lowest BCUT2D eigenvalue weighted by atomic mass is 10.2. The third kappa shape index (κ3) is 4.92. The maximum atomic E-state index is 12.9. The van der Waals surface area contributed by atoms with Gasteiger partial charge in [-0.15, -0.1) is 0 Å². The Bertz CT molecular complexity index is 598. The minimum absolute atomic E-state index is 0.00766. The standard InChI is InChI=1S/C15H19FN4O2/c16-12-7-5-11(6-8-12)15-19-14(22-20-15)4-1-3-13(21)18-10-2-9-17/h5-8H,1-4,9-10,17H2,(H,18,21). The van der Waals surface area contributed by atoms with E-state index >= 15 is 0 Å². The van der Waals surface area contributed by atoms with Gasteiger partial charge in [0.05, 0.1) is 0 Å². The van der Waals surface area contributed by atoms with Crippen molar-refractivity contribution in [2.45, 2.75) is 25.7 Å². The zero-order valence-corrected chi connectivity index (χ0v) is 12.2. The first-order chi connectivity index (χ1) is 10.7. The van der Waals surface area contributed by atoms with Crippen molar-refractivity contribution in [3.05, 3.63) is 36.0 Å². The third-order valence-corrected chi connectivity index (χ3v) is 3.07. The second-order valence-corrected chi connectivity index (χ2v) is 4.86. The molecular formula is C15H19FN4O2. The van der Waals surface area contributed by atoms with Crippen molar-refractivity contribution in [1.82, 2.24) is 15.5 Å². The summed E-state index contributed by atoms with van der Waals surface area (Å²) in [5.41, 5.74) is 6.04. The maximum absolute atomic E-state index is 12.9. The van der Waals surface area contributed by atoms with E-state index < -0.39 is 0 Å². The molecule has 7 heteroatoms. The fourth-order valence-electron chi connectivity index (χ4n) is 1.89. The number of carbonyl (C=O) groups excluding carboxylic acids is 1. The Morgan fingerprint density at radius 1 is 1.27 bits per heavy atom. The van der Waals surface area contributed by atoms with Crippen LogP contribution in [0.5, 0.6) is 0 Å². The molecule has 0 aliphatic rings. The maximum Gasteiger partial charge on any atom is 0.226 e. The number of benzene rings is 1. The second-order valence-electron chi connectivity index (χ2n) is 4.86. The molecule has 2 rings (SSSR count). The molecule has 0 saturated carbocycles. The molecule has 22 heavy (non-hydrogen) atoms. The molecule has 1 aromatic carbocycles. The van der Waals surface area contributed by atoms with Gasteiger partial charge >= 0.3 is 0 Å². The molecule has 3 N–H and O–H groups in total. The summed E-state index contributed by atoms with van der Waals surface area (Å²) in [6.45, 7) is 1.17. The van der Waals surface area contributed by atoms with Gasteiger partial charge in [0.2, 0.25) is 17.6 Å². The minimum Gasteiger partial charge on any atom is -0.356 e. The van der Waals surface area contributed by atoms with E-state index in [1.807, 2.05) is 0 Å². The summed E-state index contributed by atoms with van der Waals surface area (Å²) in [7, 11) is 0. The van der Waals surface area contributed by atoms with Crippen LogP contribution in [-0.4, -0.2) is 29.1 Å². The molecule has 1 heterocycles. The molecule has 0 spiro atoms. The SMILES string of the molecule is NCCCNC(=O)CCCc1nc(-c2ccc(F)cc2)no1. The number of amides is 1. The van der Waals surface area contributed by atoms with Gasteiger partial charge < -0.3 is 15.6 Å². The molecule has 0 unspecified atom stereocenters. The highest BCUT2D eigenvalue weighted by molar-refractivity contribution is 5.75. The van der Waals surface area contributed by atoms with E-state index in [0.717, 1.165) is 6.42 Å².